The van der Waals surface area contributed by atoms with Crippen LogP contribution in [-0.2, 0) is 4.79 Å². The van der Waals surface area contributed by atoms with Gasteiger partial charge in [-0.1, -0.05) is 31.0 Å². The fourth-order valence-corrected chi connectivity index (χ4v) is 4.41. The van der Waals surface area contributed by atoms with E-state index in [1.165, 1.54) is 4.90 Å². The third kappa shape index (κ3) is 4.21. The molecule has 0 N–H and O–H groups in total. The number of aromatic nitrogens is 1. The molecule has 0 radical (unpaired) electrons. The zero-order chi connectivity index (χ0) is 20.2. The molecule has 0 spiro atoms. The maximum Gasteiger partial charge on any atom is 0.327 e. The molecule has 1 atom stereocenters. The normalized spacial score (nSPS) is 19.1. The zero-order valence-corrected chi connectivity index (χ0v) is 17.2. The number of hydrogen-bond donors (Lipinski definition) is 0. The van der Waals surface area contributed by atoms with Gasteiger partial charge < -0.3 is 9.80 Å². The first-order chi connectivity index (χ1) is 14.1. The summed E-state index contributed by atoms with van der Waals surface area (Å²) >= 11 is 0. The lowest BCUT2D eigenvalue weighted by molar-refractivity contribution is -0.128. The monoisotopic (exact) mass is 394 g/mol. The molecule has 1 unspecified atom stereocenters. The number of unbranched alkanes of at least 4 members (excludes halogenated alkanes) is 3. The lowest BCUT2D eigenvalue weighted by atomic mass is 10.0. The van der Waals surface area contributed by atoms with E-state index in [1.54, 1.807) is 4.90 Å². The van der Waals surface area contributed by atoms with Crippen molar-refractivity contribution in [2.24, 2.45) is 0 Å². The number of carbonyl (C=O) groups is 2. The standard InChI is InChI=1S/C23H30N4O2/c1-25(21-14-13-18-10-4-5-11-19(18)24-21)15-7-2-3-8-17-27-22(28)20-12-6-9-16-26(20)23(27)29/h4-5,10-11,13-14,20H,2-3,6-9,12,15-17H2,1H3. The highest BCUT2D eigenvalue weighted by Crippen LogP contribution is 2.27. The van der Waals surface area contributed by atoms with Crippen molar-refractivity contribution in [1.82, 2.24) is 14.8 Å². The summed E-state index contributed by atoms with van der Waals surface area (Å²) in [7, 11) is 2.08. The number of carbonyl (C=O) groups excluding carboxylic acids is 2. The lowest BCUT2D eigenvalue weighted by Crippen LogP contribution is -2.39. The Balaban J connectivity index is 1.18. The minimum atomic E-state index is -0.181. The Labute approximate surface area is 172 Å². The summed E-state index contributed by atoms with van der Waals surface area (Å²) in [5.74, 6) is 1.02. The number of para-hydroxylation sites is 1. The Morgan fingerprint density at radius 1 is 1.03 bits per heavy atom. The highest BCUT2D eigenvalue weighted by atomic mass is 16.2. The van der Waals surface area contributed by atoms with Crippen molar-refractivity contribution in [2.45, 2.75) is 51.0 Å². The van der Waals surface area contributed by atoms with Crippen LogP contribution in [0.3, 0.4) is 0 Å². The molecule has 29 heavy (non-hydrogen) atoms. The minimum Gasteiger partial charge on any atom is -0.360 e. The molecule has 4 rings (SSSR count). The van der Waals surface area contributed by atoms with Crippen molar-refractivity contribution >= 4 is 28.7 Å². The highest BCUT2D eigenvalue weighted by Gasteiger charge is 2.45. The van der Waals surface area contributed by atoms with Gasteiger partial charge in [-0.2, -0.15) is 0 Å². The van der Waals surface area contributed by atoms with E-state index in [0.29, 0.717) is 6.54 Å². The van der Waals surface area contributed by atoms with Crippen molar-refractivity contribution in [1.29, 1.82) is 0 Å². The topological polar surface area (TPSA) is 56.8 Å². The molecule has 6 heteroatoms. The highest BCUT2D eigenvalue weighted by molar-refractivity contribution is 6.04. The van der Waals surface area contributed by atoms with E-state index in [1.807, 2.05) is 18.2 Å². The zero-order valence-electron chi connectivity index (χ0n) is 17.2. The molecule has 3 heterocycles. The Bertz CT molecular complexity index is 860. The molecule has 2 aliphatic heterocycles. The molecular formula is C23H30N4O2. The van der Waals surface area contributed by atoms with E-state index in [0.717, 1.165) is 74.8 Å². The van der Waals surface area contributed by atoms with Gasteiger partial charge in [0.2, 0.25) is 0 Å². The fourth-order valence-electron chi connectivity index (χ4n) is 4.41. The second kappa shape index (κ2) is 8.80. The van der Waals surface area contributed by atoms with E-state index in [4.69, 9.17) is 4.98 Å². The van der Waals surface area contributed by atoms with Gasteiger partial charge in [-0.15, -0.1) is 0 Å². The van der Waals surface area contributed by atoms with Crippen LogP contribution >= 0.6 is 0 Å². The van der Waals surface area contributed by atoms with E-state index in [9.17, 15) is 9.59 Å². The molecule has 0 aliphatic carbocycles. The first kappa shape index (κ1) is 19.7. The number of hydrogen-bond acceptors (Lipinski definition) is 4. The van der Waals surface area contributed by atoms with Crippen molar-refractivity contribution in [3.63, 3.8) is 0 Å². The molecule has 2 saturated heterocycles. The fraction of sp³-hybridized carbons (Fsp3) is 0.522. The molecule has 2 aromatic rings. The van der Waals surface area contributed by atoms with E-state index >= 15 is 0 Å². The van der Waals surface area contributed by atoms with Gasteiger partial charge in [-0.05, 0) is 50.3 Å². The Kier molecular flexibility index (Phi) is 5.97. The van der Waals surface area contributed by atoms with Crippen molar-refractivity contribution < 1.29 is 9.59 Å². The van der Waals surface area contributed by atoms with Crippen molar-refractivity contribution in [3.8, 4) is 0 Å². The number of nitrogens with zero attached hydrogens (tertiary/aromatic N) is 4. The molecule has 154 valence electrons. The van der Waals surface area contributed by atoms with Crippen LogP contribution in [0.4, 0.5) is 10.6 Å². The average molecular weight is 395 g/mol. The third-order valence-corrected chi connectivity index (χ3v) is 6.13. The van der Waals surface area contributed by atoms with Crippen LogP contribution < -0.4 is 4.90 Å². The number of amides is 3. The molecule has 2 fully saturated rings. The van der Waals surface area contributed by atoms with Crippen molar-refractivity contribution in [2.75, 3.05) is 31.6 Å². The van der Waals surface area contributed by atoms with Gasteiger partial charge >= 0.3 is 6.03 Å². The summed E-state index contributed by atoms with van der Waals surface area (Å²) in [5.41, 5.74) is 1.02. The smallest absolute Gasteiger partial charge is 0.327 e. The lowest BCUT2D eigenvalue weighted by Gasteiger charge is -2.26. The van der Waals surface area contributed by atoms with Crippen LogP contribution in [0.1, 0.15) is 44.9 Å². The van der Waals surface area contributed by atoms with Gasteiger partial charge in [-0.25, -0.2) is 9.78 Å². The molecule has 3 amide bonds. The Morgan fingerprint density at radius 3 is 2.72 bits per heavy atom. The van der Waals surface area contributed by atoms with Crippen LogP contribution in [0.5, 0.6) is 0 Å². The van der Waals surface area contributed by atoms with Crippen LogP contribution in [0.15, 0.2) is 36.4 Å². The van der Waals surface area contributed by atoms with Crippen LogP contribution in [0.2, 0.25) is 0 Å². The quantitative estimate of drug-likeness (QED) is 0.501. The minimum absolute atomic E-state index is 0.0248. The van der Waals surface area contributed by atoms with Crippen LogP contribution in [0, 0.1) is 0 Å². The second-order valence-corrected chi connectivity index (χ2v) is 8.18. The first-order valence-corrected chi connectivity index (χ1v) is 10.8. The van der Waals surface area contributed by atoms with Gasteiger partial charge in [0, 0.05) is 32.1 Å². The van der Waals surface area contributed by atoms with E-state index < -0.39 is 0 Å². The first-order valence-electron chi connectivity index (χ1n) is 10.8. The van der Waals surface area contributed by atoms with Crippen molar-refractivity contribution in [3.05, 3.63) is 36.4 Å². The molecule has 1 aromatic heterocycles. The van der Waals surface area contributed by atoms with E-state index in [2.05, 4.69) is 30.1 Å². The molecule has 0 saturated carbocycles. The summed E-state index contributed by atoms with van der Waals surface area (Å²) in [6.07, 6.45) is 6.96. The van der Waals surface area contributed by atoms with Crippen LogP contribution in [0.25, 0.3) is 10.9 Å². The number of fused-ring (bicyclic) bond motifs is 2. The SMILES string of the molecule is CN(CCCCCCN1C(=O)C2CCCCN2C1=O)c1ccc2ccccc2n1. The van der Waals surface area contributed by atoms with Gasteiger partial charge in [0.05, 0.1) is 5.52 Å². The Morgan fingerprint density at radius 2 is 1.86 bits per heavy atom. The number of benzene rings is 1. The van der Waals surface area contributed by atoms with Gasteiger partial charge in [0.15, 0.2) is 0 Å². The summed E-state index contributed by atoms with van der Waals surface area (Å²) in [6, 6.07) is 12.1. The average Bonchev–Trinajstić information content (AvgIpc) is 3.00. The summed E-state index contributed by atoms with van der Waals surface area (Å²) in [4.78, 5) is 35.1. The van der Waals surface area contributed by atoms with Gasteiger partial charge in [-0.3, -0.25) is 9.69 Å². The molecular weight excluding hydrogens is 364 g/mol. The van der Waals surface area contributed by atoms with E-state index in [-0.39, 0.29) is 18.0 Å². The maximum absolute atomic E-state index is 12.5. The summed E-state index contributed by atoms with van der Waals surface area (Å²) in [5, 5.41) is 1.16. The van der Waals surface area contributed by atoms with Crippen LogP contribution in [-0.4, -0.2) is 59.4 Å². The summed E-state index contributed by atoms with van der Waals surface area (Å²) < 4.78 is 0. The second-order valence-electron chi connectivity index (χ2n) is 8.18. The van der Waals surface area contributed by atoms with Gasteiger partial charge in [0.1, 0.15) is 11.9 Å². The molecule has 6 nitrogen and oxygen atoms in total. The number of urea groups is 1. The maximum atomic E-state index is 12.5. The van der Waals surface area contributed by atoms with Gasteiger partial charge in [0.25, 0.3) is 5.91 Å². The number of rotatable bonds is 8. The molecule has 0 bridgehead atoms. The molecule has 1 aromatic carbocycles. The predicted octanol–water partition coefficient (Wildman–Crippen LogP) is 4.05. The number of anilines is 1. The summed E-state index contributed by atoms with van der Waals surface area (Å²) in [6.45, 7) is 2.25. The predicted molar refractivity (Wildman–Crippen MR) is 115 cm³/mol. The molecule has 2 aliphatic rings. The third-order valence-electron chi connectivity index (χ3n) is 6.13. The number of pyridine rings is 1. The number of piperidine rings is 1. The number of imide groups is 1. The Hall–Kier alpha value is -2.63. The largest absolute Gasteiger partial charge is 0.360 e.